The molecule has 8 nitrogen and oxygen atoms in total. The van der Waals surface area contributed by atoms with E-state index < -0.39 is 5.97 Å². The van der Waals surface area contributed by atoms with Gasteiger partial charge in [0.1, 0.15) is 5.82 Å². The molecule has 1 fully saturated rings. The monoisotopic (exact) mass is 433 g/mol. The van der Waals surface area contributed by atoms with Crippen molar-refractivity contribution in [3.8, 4) is 0 Å². The number of amides is 1. The van der Waals surface area contributed by atoms with Gasteiger partial charge in [0.2, 0.25) is 5.95 Å². The van der Waals surface area contributed by atoms with Crippen LogP contribution in [0.15, 0.2) is 30.5 Å². The molecule has 1 aliphatic carbocycles. The number of halogens is 1. The van der Waals surface area contributed by atoms with E-state index in [1.54, 1.807) is 12.1 Å². The molecule has 1 heterocycles. The Hall–Kier alpha value is -2.87. The van der Waals surface area contributed by atoms with E-state index in [-0.39, 0.29) is 36.0 Å². The molecule has 162 valence electrons. The third-order valence-corrected chi connectivity index (χ3v) is 5.14. The van der Waals surface area contributed by atoms with Gasteiger partial charge >= 0.3 is 5.97 Å². The molecule has 0 bridgehead atoms. The Bertz CT molecular complexity index is 898. The van der Waals surface area contributed by atoms with Crippen LogP contribution in [0.4, 0.5) is 11.8 Å². The molecule has 9 heteroatoms. The number of nitrogens with one attached hydrogen (secondary N) is 2. The van der Waals surface area contributed by atoms with Gasteiger partial charge in [0.05, 0.1) is 5.56 Å². The molecular formula is C21H28ClN5O3. The highest BCUT2D eigenvalue weighted by atomic mass is 35.5. The minimum absolute atomic E-state index is 0. The van der Waals surface area contributed by atoms with Crippen LogP contribution in [-0.4, -0.2) is 53.1 Å². The molecule has 0 saturated heterocycles. The molecule has 3 N–H and O–H groups in total. The number of aryl methyl sites for hydroxylation is 1. The second-order valence-corrected chi connectivity index (χ2v) is 7.65. The Morgan fingerprint density at radius 2 is 1.73 bits per heavy atom. The van der Waals surface area contributed by atoms with E-state index >= 15 is 0 Å². The van der Waals surface area contributed by atoms with Gasteiger partial charge in [0.25, 0.3) is 5.91 Å². The Balaban J connectivity index is 0.00000320. The van der Waals surface area contributed by atoms with Crippen LogP contribution in [0, 0.1) is 6.92 Å². The average molecular weight is 434 g/mol. The van der Waals surface area contributed by atoms with Crippen LogP contribution in [0.25, 0.3) is 0 Å². The number of anilines is 2. The lowest BCUT2D eigenvalue weighted by atomic mass is 9.91. The Morgan fingerprint density at radius 3 is 2.37 bits per heavy atom. The number of hydrogen-bond donors (Lipinski definition) is 3. The van der Waals surface area contributed by atoms with Gasteiger partial charge in [0.15, 0.2) is 0 Å². The minimum Gasteiger partial charge on any atom is -0.478 e. The fourth-order valence-corrected chi connectivity index (χ4v) is 3.58. The first-order valence-corrected chi connectivity index (χ1v) is 9.75. The number of carboxylic acids is 1. The highest BCUT2D eigenvalue weighted by Crippen LogP contribution is 2.23. The quantitative estimate of drug-likeness (QED) is 0.642. The normalized spacial score (nSPS) is 18.1. The highest BCUT2D eigenvalue weighted by Gasteiger charge is 2.23. The van der Waals surface area contributed by atoms with Gasteiger partial charge in [-0.2, -0.15) is 4.98 Å². The summed E-state index contributed by atoms with van der Waals surface area (Å²) in [5.41, 5.74) is 1.51. The lowest BCUT2D eigenvalue weighted by Gasteiger charge is -2.30. The summed E-state index contributed by atoms with van der Waals surface area (Å²) in [5.74, 6) is 0.244. The summed E-state index contributed by atoms with van der Waals surface area (Å²) in [4.78, 5) is 34.5. The van der Waals surface area contributed by atoms with Crippen molar-refractivity contribution in [1.82, 2.24) is 15.3 Å². The number of carboxylic acid groups (broad SMARTS) is 1. The summed E-state index contributed by atoms with van der Waals surface area (Å²) in [6.07, 6.45) is 5.30. The third kappa shape index (κ3) is 5.82. The van der Waals surface area contributed by atoms with Gasteiger partial charge in [-0.15, -0.1) is 12.4 Å². The summed E-state index contributed by atoms with van der Waals surface area (Å²) in [6.45, 7) is 1.99. The molecule has 3 rings (SSSR count). The third-order valence-electron chi connectivity index (χ3n) is 5.14. The number of nitrogens with zero attached hydrogens (tertiary/aromatic N) is 3. The number of carbonyl (C=O) groups is 2. The Kier molecular flexibility index (Phi) is 8.00. The predicted molar refractivity (Wildman–Crippen MR) is 119 cm³/mol. The molecule has 0 atom stereocenters. The van der Waals surface area contributed by atoms with Crippen molar-refractivity contribution < 1.29 is 14.7 Å². The van der Waals surface area contributed by atoms with Crippen LogP contribution in [0.1, 0.15) is 52.0 Å². The van der Waals surface area contributed by atoms with E-state index in [1.807, 2.05) is 32.1 Å². The summed E-state index contributed by atoms with van der Waals surface area (Å²) >= 11 is 0. The molecule has 0 aliphatic heterocycles. The number of aromatic carboxylic acids is 1. The summed E-state index contributed by atoms with van der Waals surface area (Å²) < 4.78 is 0. The number of carbonyl (C=O) groups excluding carboxylic acids is 1. The van der Waals surface area contributed by atoms with E-state index in [2.05, 4.69) is 20.6 Å². The molecule has 0 radical (unpaired) electrons. The van der Waals surface area contributed by atoms with E-state index in [9.17, 15) is 9.59 Å². The zero-order valence-corrected chi connectivity index (χ0v) is 18.2. The average Bonchev–Trinajstić information content (AvgIpc) is 2.70. The van der Waals surface area contributed by atoms with Crippen LogP contribution < -0.4 is 15.5 Å². The van der Waals surface area contributed by atoms with Crippen molar-refractivity contribution in [2.24, 2.45) is 0 Å². The molecule has 0 unspecified atom stereocenters. The fraction of sp³-hybridized carbons (Fsp3) is 0.429. The van der Waals surface area contributed by atoms with Gasteiger partial charge in [-0.3, -0.25) is 4.79 Å². The molecule has 2 aromatic rings. The van der Waals surface area contributed by atoms with Gasteiger partial charge in [-0.05, 0) is 50.8 Å². The van der Waals surface area contributed by atoms with Gasteiger partial charge in [0, 0.05) is 43.5 Å². The predicted octanol–water partition coefficient (Wildman–Crippen LogP) is 3.12. The highest BCUT2D eigenvalue weighted by molar-refractivity contribution is 5.97. The van der Waals surface area contributed by atoms with Crippen LogP contribution in [0.5, 0.6) is 0 Å². The maximum Gasteiger partial charge on any atom is 0.335 e. The Labute approximate surface area is 182 Å². The van der Waals surface area contributed by atoms with Crippen molar-refractivity contribution in [2.75, 3.05) is 24.3 Å². The number of aromatic nitrogens is 2. The van der Waals surface area contributed by atoms with E-state index in [4.69, 9.17) is 5.11 Å². The zero-order valence-electron chi connectivity index (χ0n) is 17.4. The van der Waals surface area contributed by atoms with Gasteiger partial charge in [-0.25, -0.2) is 9.78 Å². The largest absolute Gasteiger partial charge is 0.478 e. The van der Waals surface area contributed by atoms with E-state index in [0.29, 0.717) is 11.5 Å². The molecule has 30 heavy (non-hydrogen) atoms. The fourth-order valence-electron chi connectivity index (χ4n) is 3.58. The first kappa shape index (κ1) is 23.4. The van der Waals surface area contributed by atoms with Crippen LogP contribution in [-0.2, 0) is 0 Å². The van der Waals surface area contributed by atoms with Crippen molar-refractivity contribution in [1.29, 1.82) is 0 Å². The molecule has 1 amide bonds. The van der Waals surface area contributed by atoms with Gasteiger partial charge in [-0.1, -0.05) is 6.07 Å². The molecular weight excluding hydrogens is 406 g/mol. The molecule has 1 saturated carbocycles. The second kappa shape index (κ2) is 10.2. The topological polar surface area (TPSA) is 107 Å². The smallest absolute Gasteiger partial charge is 0.335 e. The molecule has 1 aromatic carbocycles. The molecule has 0 spiro atoms. The van der Waals surface area contributed by atoms with Crippen LogP contribution >= 0.6 is 12.4 Å². The summed E-state index contributed by atoms with van der Waals surface area (Å²) in [5, 5.41) is 15.5. The zero-order chi connectivity index (χ0) is 21.0. The maximum atomic E-state index is 12.4. The first-order valence-electron chi connectivity index (χ1n) is 9.75. The van der Waals surface area contributed by atoms with Crippen molar-refractivity contribution in [3.63, 3.8) is 0 Å². The molecule has 1 aliphatic rings. The SMILES string of the molecule is Cc1cnc(NC2CCC(NC(=O)c3cccc(C(=O)O)c3)CC2)nc1N(C)C.Cl. The summed E-state index contributed by atoms with van der Waals surface area (Å²) in [6, 6.07) is 6.43. The second-order valence-electron chi connectivity index (χ2n) is 7.65. The Morgan fingerprint density at radius 1 is 1.10 bits per heavy atom. The van der Waals surface area contributed by atoms with Crippen LogP contribution in [0.3, 0.4) is 0 Å². The van der Waals surface area contributed by atoms with Crippen LogP contribution in [0.2, 0.25) is 0 Å². The maximum absolute atomic E-state index is 12.4. The van der Waals surface area contributed by atoms with Gasteiger partial charge < -0.3 is 20.6 Å². The molecule has 1 aromatic heterocycles. The number of hydrogen-bond acceptors (Lipinski definition) is 6. The van der Waals surface area contributed by atoms with E-state index in [1.165, 1.54) is 12.1 Å². The summed E-state index contributed by atoms with van der Waals surface area (Å²) in [7, 11) is 3.91. The number of rotatable bonds is 6. The first-order chi connectivity index (χ1) is 13.8. The van der Waals surface area contributed by atoms with E-state index in [0.717, 1.165) is 37.1 Å². The van der Waals surface area contributed by atoms with Crippen molar-refractivity contribution >= 4 is 36.0 Å². The standard InChI is InChI=1S/C21H27N5O3.ClH/c1-13-12-22-21(25-18(13)26(2)3)24-17-9-7-16(8-10-17)23-19(27)14-5-4-6-15(11-14)20(28)29;/h4-6,11-12,16-17H,7-10H2,1-3H3,(H,23,27)(H,28,29)(H,22,24,25);1H. The van der Waals surface area contributed by atoms with Crippen molar-refractivity contribution in [2.45, 2.75) is 44.7 Å². The minimum atomic E-state index is -1.04. The lowest BCUT2D eigenvalue weighted by molar-refractivity contribution is 0.0697. The lowest BCUT2D eigenvalue weighted by Crippen LogP contribution is -2.40. The number of benzene rings is 1. The van der Waals surface area contributed by atoms with Crippen molar-refractivity contribution in [3.05, 3.63) is 47.2 Å².